The maximum absolute atomic E-state index is 2.68. The summed E-state index contributed by atoms with van der Waals surface area (Å²) in [5.74, 6) is 0.313. The molecule has 15 rings (SSSR count). The van der Waals surface area contributed by atoms with E-state index >= 15 is 0 Å². The van der Waals surface area contributed by atoms with Crippen LogP contribution in [-0.4, -0.2) is 6.54 Å². The molecule has 0 bridgehead atoms. The molecule has 7 aliphatic rings. The van der Waals surface area contributed by atoms with Crippen LogP contribution in [0.2, 0.25) is 0 Å². The van der Waals surface area contributed by atoms with Crippen LogP contribution in [0.4, 0.5) is 11.4 Å². The molecule has 0 saturated heterocycles. The molecule has 0 fully saturated rings. The van der Waals surface area contributed by atoms with Gasteiger partial charge >= 0.3 is 0 Å². The van der Waals surface area contributed by atoms with E-state index in [0.717, 1.165) is 25.8 Å². The van der Waals surface area contributed by atoms with E-state index in [9.17, 15) is 0 Å². The van der Waals surface area contributed by atoms with Crippen molar-refractivity contribution in [3.63, 3.8) is 0 Å². The number of nitrogens with zero attached hydrogens (tertiary/aromatic N) is 1. The topological polar surface area (TPSA) is 3.24 Å². The van der Waals surface area contributed by atoms with Gasteiger partial charge in [-0.1, -0.05) is 196 Å². The highest BCUT2D eigenvalue weighted by Gasteiger charge is 2.54. The maximum atomic E-state index is 2.68. The van der Waals surface area contributed by atoms with Crippen LogP contribution in [0.3, 0.4) is 0 Å². The molecular weight excluding hydrogens is 807 g/mol. The lowest BCUT2D eigenvalue weighted by Crippen LogP contribution is -2.29. The Hall–Kier alpha value is -7.48. The van der Waals surface area contributed by atoms with E-state index in [0.29, 0.717) is 5.92 Å². The number of fused-ring (bicyclic) bond motifs is 22. The molecule has 8 aromatic carbocycles. The average molecular weight is 856 g/mol. The summed E-state index contributed by atoms with van der Waals surface area (Å²) in [5.41, 5.74) is 29.6. The van der Waals surface area contributed by atoms with Gasteiger partial charge in [-0.05, 0) is 161 Å². The Morgan fingerprint density at radius 3 is 1.61 bits per heavy atom. The van der Waals surface area contributed by atoms with Crippen LogP contribution >= 0.6 is 0 Å². The molecule has 0 radical (unpaired) electrons. The van der Waals surface area contributed by atoms with Crippen LogP contribution in [0, 0.1) is 5.92 Å². The molecule has 1 nitrogen and oxygen atoms in total. The third kappa shape index (κ3) is 4.65. The molecule has 2 unspecified atom stereocenters. The number of allylic oxidation sites excluding steroid dienone is 7. The predicted molar refractivity (Wildman–Crippen MR) is 277 cm³/mol. The SMILES string of the molecule is CC1(C)C2=CC(CN(c3ccc4c(c3)-c3ccccc3C43C4=C(CCC=C4)c4ccccc43)c3ccc4c(c3)C3(c5ccccc5-c5ccccc53)c3ccccc3-4)CC=C2c2ccccc21. The zero-order valence-electron chi connectivity index (χ0n) is 38.0. The van der Waals surface area contributed by atoms with Crippen LogP contribution in [0.25, 0.3) is 44.5 Å². The molecule has 1 heteroatoms. The molecule has 318 valence electrons. The fourth-order valence-corrected chi connectivity index (χ4v) is 14.5. The van der Waals surface area contributed by atoms with E-state index in [1.54, 1.807) is 0 Å². The van der Waals surface area contributed by atoms with Gasteiger partial charge in [0, 0.05) is 23.3 Å². The van der Waals surface area contributed by atoms with Crippen molar-refractivity contribution in [3.05, 3.63) is 273 Å². The summed E-state index contributed by atoms with van der Waals surface area (Å²) >= 11 is 0. The standard InChI is InChI=1S/C66H49N/c1-64(2)54-24-10-3-17-44(54)51-34-31-41(37-62(51)64)40-67(42-33-36-61-53(38-42)50-23-9-16-30-60(50)65(61)55-25-11-4-18-45(55)46-19-5-12-26-56(46)65)43-32-35-52-49-22-8-15-29-59(49)66(63(52)39-43)57-27-13-6-20-47(57)48-21-7-14-28-58(48)66/h3-4,6-18,20-30,32-39,41H,5,19,31,40H2,1-2H3. The van der Waals surface area contributed by atoms with Gasteiger partial charge in [-0.25, -0.2) is 0 Å². The quantitative estimate of drug-likeness (QED) is 0.170. The summed E-state index contributed by atoms with van der Waals surface area (Å²) in [7, 11) is 0. The van der Waals surface area contributed by atoms with Crippen molar-refractivity contribution in [2.24, 2.45) is 5.92 Å². The maximum Gasteiger partial charge on any atom is 0.0726 e. The third-order valence-corrected chi connectivity index (χ3v) is 17.2. The van der Waals surface area contributed by atoms with Crippen LogP contribution in [0.5, 0.6) is 0 Å². The summed E-state index contributed by atoms with van der Waals surface area (Å²) in [6.07, 6.45) is 13.2. The first-order valence-electron chi connectivity index (χ1n) is 24.5. The van der Waals surface area contributed by atoms with Gasteiger partial charge in [-0.3, -0.25) is 0 Å². The lowest BCUT2D eigenvalue weighted by molar-refractivity contribution is 0.610. The highest BCUT2D eigenvalue weighted by Crippen LogP contribution is 2.65. The second-order valence-corrected chi connectivity index (χ2v) is 20.5. The Bertz CT molecular complexity index is 3580. The monoisotopic (exact) mass is 855 g/mol. The van der Waals surface area contributed by atoms with Gasteiger partial charge < -0.3 is 4.90 Å². The van der Waals surface area contributed by atoms with Crippen molar-refractivity contribution in [2.45, 2.75) is 49.4 Å². The van der Waals surface area contributed by atoms with Crippen LogP contribution in [-0.2, 0) is 16.2 Å². The largest absolute Gasteiger partial charge is 0.341 e. The molecule has 67 heavy (non-hydrogen) atoms. The first-order valence-corrected chi connectivity index (χ1v) is 24.5. The van der Waals surface area contributed by atoms with E-state index in [1.165, 1.54) is 123 Å². The summed E-state index contributed by atoms with van der Waals surface area (Å²) in [6, 6.07) is 70.2. The van der Waals surface area contributed by atoms with E-state index < -0.39 is 5.41 Å². The van der Waals surface area contributed by atoms with Crippen molar-refractivity contribution >= 4 is 22.5 Å². The first-order chi connectivity index (χ1) is 33.0. The molecule has 0 aliphatic heterocycles. The Labute approximate surface area is 393 Å². The van der Waals surface area contributed by atoms with Gasteiger partial charge in [0.15, 0.2) is 0 Å². The van der Waals surface area contributed by atoms with Crippen LogP contribution in [0.15, 0.2) is 217 Å². The summed E-state index contributed by atoms with van der Waals surface area (Å²) in [4.78, 5) is 2.68. The zero-order chi connectivity index (χ0) is 44.2. The molecule has 0 saturated carbocycles. The lowest BCUT2D eigenvalue weighted by atomic mass is 9.69. The average Bonchev–Trinajstić information content (AvgIpc) is 4.11. The van der Waals surface area contributed by atoms with Gasteiger partial charge in [-0.2, -0.15) is 0 Å². The van der Waals surface area contributed by atoms with Gasteiger partial charge in [0.1, 0.15) is 0 Å². The number of benzene rings is 8. The fraction of sp³-hybridized carbons (Fsp3) is 0.152. The molecule has 0 heterocycles. The molecular formula is C66H49N. The van der Waals surface area contributed by atoms with Crippen LogP contribution in [0.1, 0.15) is 88.7 Å². The number of anilines is 2. The first kappa shape index (κ1) is 37.7. The molecule has 8 aromatic rings. The Morgan fingerprint density at radius 1 is 0.463 bits per heavy atom. The molecule has 0 aromatic heterocycles. The van der Waals surface area contributed by atoms with Crippen LogP contribution < -0.4 is 4.90 Å². The summed E-state index contributed by atoms with van der Waals surface area (Å²) in [6.45, 7) is 5.70. The Morgan fingerprint density at radius 2 is 0.955 bits per heavy atom. The molecule has 2 spiro atoms. The molecule has 7 aliphatic carbocycles. The fourth-order valence-electron chi connectivity index (χ4n) is 14.5. The molecule has 2 atom stereocenters. The van der Waals surface area contributed by atoms with Crippen molar-refractivity contribution in [1.82, 2.24) is 0 Å². The normalized spacial score (nSPS) is 20.5. The molecule has 0 amide bonds. The van der Waals surface area contributed by atoms with Crippen molar-refractivity contribution in [2.75, 3.05) is 11.4 Å². The minimum atomic E-state index is -0.414. The second-order valence-electron chi connectivity index (χ2n) is 20.5. The Kier molecular flexibility index (Phi) is 7.50. The summed E-state index contributed by atoms with van der Waals surface area (Å²) in [5, 5.41) is 0. The van der Waals surface area contributed by atoms with Crippen molar-refractivity contribution in [1.29, 1.82) is 0 Å². The number of hydrogen-bond donors (Lipinski definition) is 0. The second kappa shape index (κ2) is 13.3. The summed E-state index contributed by atoms with van der Waals surface area (Å²) < 4.78 is 0. The van der Waals surface area contributed by atoms with Gasteiger partial charge in [0.25, 0.3) is 0 Å². The number of rotatable bonds is 4. The van der Waals surface area contributed by atoms with Gasteiger partial charge in [0.05, 0.1) is 10.8 Å². The zero-order valence-corrected chi connectivity index (χ0v) is 38.0. The molecule has 0 N–H and O–H groups in total. The highest BCUT2D eigenvalue weighted by molar-refractivity contribution is 5.99. The lowest BCUT2D eigenvalue weighted by Gasteiger charge is -2.35. The van der Waals surface area contributed by atoms with Gasteiger partial charge in [-0.15, -0.1) is 0 Å². The third-order valence-electron chi connectivity index (χ3n) is 17.2. The minimum Gasteiger partial charge on any atom is -0.341 e. The van der Waals surface area contributed by atoms with E-state index in [-0.39, 0.29) is 10.8 Å². The smallest absolute Gasteiger partial charge is 0.0726 e. The number of hydrogen-bond acceptors (Lipinski definition) is 1. The predicted octanol–water partition coefficient (Wildman–Crippen LogP) is 15.9. The minimum absolute atomic E-state index is 0.0504. The van der Waals surface area contributed by atoms with Crippen molar-refractivity contribution in [3.8, 4) is 33.4 Å². The highest BCUT2D eigenvalue weighted by atomic mass is 15.1. The van der Waals surface area contributed by atoms with E-state index in [4.69, 9.17) is 0 Å². The van der Waals surface area contributed by atoms with E-state index in [2.05, 4.69) is 225 Å². The van der Waals surface area contributed by atoms with E-state index in [1.807, 2.05) is 0 Å². The van der Waals surface area contributed by atoms with Crippen molar-refractivity contribution < 1.29 is 0 Å². The Balaban J connectivity index is 0.946. The van der Waals surface area contributed by atoms with Gasteiger partial charge in [0.2, 0.25) is 0 Å².